The van der Waals surface area contributed by atoms with Crippen molar-refractivity contribution in [2.24, 2.45) is 0 Å². The third kappa shape index (κ3) is 2.60. The number of benzene rings is 1. The Labute approximate surface area is 112 Å². The van der Waals surface area contributed by atoms with Crippen LogP contribution in [0.3, 0.4) is 0 Å². The largest absolute Gasteiger partial charge is 0.476 e. The van der Waals surface area contributed by atoms with Crippen LogP contribution in [-0.2, 0) is 0 Å². The summed E-state index contributed by atoms with van der Waals surface area (Å²) in [5.74, 6) is -1.06. The Bertz CT molecular complexity index is 575. The lowest BCUT2D eigenvalue weighted by Crippen LogP contribution is -1.98. The van der Waals surface area contributed by atoms with Gasteiger partial charge in [-0.1, -0.05) is 23.2 Å². The van der Waals surface area contributed by atoms with E-state index in [1.54, 1.807) is 25.1 Å². The Morgan fingerprint density at radius 3 is 2.41 bits per heavy atom. The number of carboxylic acid groups (broad SMARTS) is 1. The number of hydrogen-bond acceptors (Lipinski definition) is 3. The summed E-state index contributed by atoms with van der Waals surface area (Å²) in [6, 6.07) is 4.95. The minimum Gasteiger partial charge on any atom is -0.476 e. The first-order chi connectivity index (χ1) is 7.97. The summed E-state index contributed by atoms with van der Waals surface area (Å²) in [5.41, 5.74) is 0.705. The second kappa shape index (κ2) is 4.64. The number of carbonyl (C=O) groups is 1. The number of thiazole rings is 1. The summed E-state index contributed by atoms with van der Waals surface area (Å²) in [6.45, 7) is 1.76. The van der Waals surface area contributed by atoms with Gasteiger partial charge in [-0.05, 0) is 30.7 Å². The number of halogens is 2. The maximum Gasteiger partial charge on any atom is 0.356 e. The van der Waals surface area contributed by atoms with E-state index in [2.05, 4.69) is 4.98 Å². The number of nitrogens with zero attached hydrogens (tertiary/aromatic N) is 1. The fourth-order valence-electron chi connectivity index (χ4n) is 1.45. The lowest BCUT2D eigenvalue weighted by Gasteiger charge is -2.01. The van der Waals surface area contributed by atoms with Gasteiger partial charge in [-0.2, -0.15) is 0 Å². The molecule has 2 aromatic rings. The molecule has 0 amide bonds. The Hall–Kier alpha value is -1.10. The fraction of sp³-hybridized carbons (Fsp3) is 0.0909. The molecule has 88 valence electrons. The summed E-state index contributed by atoms with van der Waals surface area (Å²) in [4.78, 5) is 15.6. The van der Waals surface area contributed by atoms with Crippen molar-refractivity contribution in [3.05, 3.63) is 38.9 Å². The quantitative estimate of drug-likeness (QED) is 0.904. The molecule has 0 unspecified atom stereocenters. The minimum absolute atomic E-state index is 0.0332. The molecule has 0 aliphatic heterocycles. The van der Waals surface area contributed by atoms with Gasteiger partial charge in [-0.15, -0.1) is 11.3 Å². The van der Waals surface area contributed by atoms with Gasteiger partial charge in [-0.25, -0.2) is 9.78 Å². The van der Waals surface area contributed by atoms with Crippen molar-refractivity contribution in [2.45, 2.75) is 6.92 Å². The molecule has 0 spiro atoms. The number of aryl methyl sites for hydroxylation is 1. The number of aromatic nitrogens is 1. The molecule has 1 heterocycles. The molecule has 0 fully saturated rings. The maximum atomic E-state index is 11.1. The molecule has 0 aliphatic carbocycles. The molecule has 1 aromatic carbocycles. The first-order valence-electron chi connectivity index (χ1n) is 4.64. The summed E-state index contributed by atoms with van der Waals surface area (Å²) in [6.07, 6.45) is 0. The number of aromatic carboxylic acids is 1. The van der Waals surface area contributed by atoms with Crippen LogP contribution in [0, 0.1) is 6.92 Å². The van der Waals surface area contributed by atoms with Crippen molar-refractivity contribution in [3.8, 4) is 10.4 Å². The zero-order valence-electron chi connectivity index (χ0n) is 8.70. The first kappa shape index (κ1) is 12.4. The van der Waals surface area contributed by atoms with E-state index in [4.69, 9.17) is 28.3 Å². The number of hydrogen-bond donors (Lipinski definition) is 1. The molecule has 0 atom stereocenters. The zero-order valence-corrected chi connectivity index (χ0v) is 11.0. The highest BCUT2D eigenvalue weighted by Gasteiger charge is 2.17. The summed E-state index contributed by atoms with van der Waals surface area (Å²) >= 11 is 13.1. The second-order valence-corrected chi connectivity index (χ2v) is 5.45. The van der Waals surface area contributed by atoms with Crippen LogP contribution in [0.25, 0.3) is 10.4 Å². The van der Waals surface area contributed by atoms with E-state index >= 15 is 0 Å². The molecule has 1 aromatic heterocycles. The summed E-state index contributed by atoms with van der Waals surface area (Å²) in [5, 5.41) is 10.7. The molecule has 0 aliphatic rings. The van der Waals surface area contributed by atoms with Gasteiger partial charge in [0.05, 0.1) is 9.88 Å². The Kier molecular flexibility index (Phi) is 3.38. The summed E-state index contributed by atoms with van der Waals surface area (Å²) in [7, 11) is 0. The van der Waals surface area contributed by atoms with Crippen LogP contribution >= 0.6 is 34.5 Å². The van der Waals surface area contributed by atoms with Crippen molar-refractivity contribution in [2.75, 3.05) is 0 Å². The van der Waals surface area contributed by atoms with Gasteiger partial charge in [0.15, 0.2) is 5.69 Å². The average Bonchev–Trinajstić information content (AvgIpc) is 2.59. The topological polar surface area (TPSA) is 50.2 Å². The van der Waals surface area contributed by atoms with Crippen LogP contribution in [0.5, 0.6) is 0 Å². The molecule has 3 nitrogen and oxygen atoms in total. The van der Waals surface area contributed by atoms with Gasteiger partial charge >= 0.3 is 5.97 Å². The van der Waals surface area contributed by atoms with Crippen molar-refractivity contribution in [1.29, 1.82) is 0 Å². The van der Waals surface area contributed by atoms with Crippen LogP contribution < -0.4 is 0 Å². The minimum atomic E-state index is -1.06. The highest BCUT2D eigenvalue weighted by Crippen LogP contribution is 2.33. The average molecular weight is 288 g/mol. The van der Waals surface area contributed by atoms with E-state index in [9.17, 15) is 4.79 Å². The fourth-order valence-corrected chi connectivity index (χ4v) is 2.88. The van der Waals surface area contributed by atoms with Crippen molar-refractivity contribution in [1.82, 2.24) is 4.98 Å². The second-order valence-electron chi connectivity index (χ2n) is 3.37. The van der Waals surface area contributed by atoms with Gasteiger partial charge in [0.1, 0.15) is 0 Å². The molecule has 1 N–H and O–H groups in total. The molecule has 0 saturated carbocycles. The molecule has 2 rings (SSSR count). The first-order valence-corrected chi connectivity index (χ1v) is 6.22. The van der Waals surface area contributed by atoms with E-state index in [1.165, 1.54) is 11.3 Å². The maximum absolute atomic E-state index is 11.1. The molecule has 0 bridgehead atoms. The highest BCUT2D eigenvalue weighted by molar-refractivity contribution is 7.15. The lowest BCUT2D eigenvalue weighted by molar-refractivity contribution is 0.0692. The van der Waals surface area contributed by atoms with Crippen LogP contribution in [0.4, 0.5) is 0 Å². The van der Waals surface area contributed by atoms with Crippen LogP contribution in [0.1, 0.15) is 15.5 Å². The third-order valence-electron chi connectivity index (χ3n) is 2.06. The van der Waals surface area contributed by atoms with E-state index in [0.717, 1.165) is 0 Å². The van der Waals surface area contributed by atoms with E-state index < -0.39 is 5.97 Å². The predicted molar refractivity (Wildman–Crippen MR) is 69.3 cm³/mol. The molecule has 17 heavy (non-hydrogen) atoms. The van der Waals surface area contributed by atoms with Gasteiger partial charge in [0, 0.05) is 10.0 Å². The van der Waals surface area contributed by atoms with E-state index in [-0.39, 0.29) is 5.69 Å². The number of rotatable bonds is 2. The normalized spacial score (nSPS) is 10.5. The third-order valence-corrected chi connectivity index (χ3v) is 3.52. The van der Waals surface area contributed by atoms with Crippen molar-refractivity contribution >= 4 is 40.5 Å². The Morgan fingerprint density at radius 1 is 1.29 bits per heavy atom. The van der Waals surface area contributed by atoms with Gasteiger partial charge in [0.25, 0.3) is 0 Å². The lowest BCUT2D eigenvalue weighted by atomic mass is 10.1. The monoisotopic (exact) mass is 287 g/mol. The molecular weight excluding hydrogens is 281 g/mol. The SMILES string of the molecule is Cc1nc(C(=O)O)c(-c2cc(Cl)cc(Cl)c2)s1. The molecule has 0 saturated heterocycles. The highest BCUT2D eigenvalue weighted by atomic mass is 35.5. The van der Waals surface area contributed by atoms with Gasteiger partial charge in [0.2, 0.25) is 0 Å². The van der Waals surface area contributed by atoms with Crippen molar-refractivity contribution in [3.63, 3.8) is 0 Å². The zero-order chi connectivity index (χ0) is 12.6. The predicted octanol–water partition coefficient (Wildman–Crippen LogP) is 4.12. The smallest absolute Gasteiger partial charge is 0.356 e. The number of carboxylic acids is 1. The standard InChI is InChI=1S/C11H7Cl2NO2S/c1-5-14-9(11(15)16)10(17-5)6-2-7(12)4-8(13)3-6/h2-4H,1H3,(H,15,16). The van der Waals surface area contributed by atoms with Crippen LogP contribution in [0.15, 0.2) is 18.2 Å². The van der Waals surface area contributed by atoms with Gasteiger partial charge < -0.3 is 5.11 Å². The molecular formula is C11H7Cl2NO2S. The molecule has 0 radical (unpaired) electrons. The Balaban J connectivity index is 2.63. The van der Waals surface area contributed by atoms with E-state index in [1.807, 2.05) is 0 Å². The van der Waals surface area contributed by atoms with E-state index in [0.29, 0.717) is 25.5 Å². The van der Waals surface area contributed by atoms with Crippen LogP contribution in [0.2, 0.25) is 10.0 Å². The Morgan fingerprint density at radius 2 is 1.88 bits per heavy atom. The van der Waals surface area contributed by atoms with Crippen molar-refractivity contribution < 1.29 is 9.90 Å². The summed E-state index contributed by atoms with van der Waals surface area (Å²) < 4.78 is 0. The van der Waals surface area contributed by atoms with Crippen LogP contribution in [-0.4, -0.2) is 16.1 Å². The molecule has 6 heteroatoms. The van der Waals surface area contributed by atoms with Gasteiger partial charge in [-0.3, -0.25) is 0 Å².